The summed E-state index contributed by atoms with van der Waals surface area (Å²) < 4.78 is 0.872. The van der Waals surface area contributed by atoms with Crippen molar-refractivity contribution >= 4 is 32.7 Å². The fourth-order valence-corrected chi connectivity index (χ4v) is 3.25. The van der Waals surface area contributed by atoms with Crippen LogP contribution in [0.5, 0.6) is 0 Å². The number of amides is 1. The Balaban J connectivity index is 1.96. The van der Waals surface area contributed by atoms with Crippen molar-refractivity contribution in [2.24, 2.45) is 5.92 Å². The summed E-state index contributed by atoms with van der Waals surface area (Å²) in [6.07, 6.45) is 0.901. The Kier molecular flexibility index (Phi) is 4.31. The molecular formula is C16H18BrN3O2. The Morgan fingerprint density at radius 2 is 2.18 bits per heavy atom. The predicted octanol–water partition coefficient (Wildman–Crippen LogP) is 2.02. The fourth-order valence-electron chi connectivity index (χ4n) is 2.89. The standard InChI is InChI=1S/C16H18BrN3O2/c1-9-8-18-5-4-13(9)20-16(22)12-7-15(21)19-14-3-2-10(17)6-11(12)14/h2-3,6-7,9,13,18H,4-5,8H2,1H3,(H,19,21)(H,20,22). The number of hydrogen-bond acceptors (Lipinski definition) is 3. The number of hydrogen-bond donors (Lipinski definition) is 3. The highest BCUT2D eigenvalue weighted by Gasteiger charge is 2.24. The van der Waals surface area contributed by atoms with E-state index in [1.54, 1.807) is 6.07 Å². The molecule has 2 aromatic rings. The summed E-state index contributed by atoms with van der Waals surface area (Å²) in [6, 6.07) is 7.00. The smallest absolute Gasteiger partial charge is 0.252 e. The van der Waals surface area contributed by atoms with Gasteiger partial charge in [0.1, 0.15) is 0 Å². The number of aromatic nitrogens is 1. The number of nitrogens with one attached hydrogen (secondary N) is 3. The van der Waals surface area contributed by atoms with Gasteiger partial charge in [-0.05, 0) is 43.6 Å². The van der Waals surface area contributed by atoms with Gasteiger partial charge >= 0.3 is 0 Å². The minimum atomic E-state index is -0.265. The molecule has 1 aliphatic heterocycles. The Hall–Kier alpha value is -1.66. The van der Waals surface area contributed by atoms with Gasteiger partial charge in [-0.1, -0.05) is 22.9 Å². The van der Waals surface area contributed by atoms with E-state index in [0.717, 1.165) is 29.4 Å². The van der Waals surface area contributed by atoms with Gasteiger partial charge in [0, 0.05) is 27.5 Å². The molecule has 1 saturated heterocycles. The molecule has 1 aromatic carbocycles. The highest BCUT2D eigenvalue weighted by molar-refractivity contribution is 9.10. The monoisotopic (exact) mass is 363 g/mol. The number of carbonyl (C=O) groups excluding carboxylic acids is 1. The van der Waals surface area contributed by atoms with Gasteiger partial charge < -0.3 is 15.6 Å². The van der Waals surface area contributed by atoms with Crippen LogP contribution in [-0.2, 0) is 0 Å². The van der Waals surface area contributed by atoms with Gasteiger partial charge in [-0.25, -0.2) is 0 Å². The van der Waals surface area contributed by atoms with E-state index >= 15 is 0 Å². The van der Waals surface area contributed by atoms with E-state index in [2.05, 4.69) is 38.5 Å². The summed E-state index contributed by atoms with van der Waals surface area (Å²) in [5.74, 6) is 0.186. The van der Waals surface area contributed by atoms with Gasteiger partial charge in [0.25, 0.3) is 5.91 Å². The van der Waals surface area contributed by atoms with Gasteiger partial charge in [-0.15, -0.1) is 0 Å². The van der Waals surface area contributed by atoms with E-state index in [1.165, 1.54) is 6.07 Å². The average Bonchev–Trinajstić information content (AvgIpc) is 2.49. The molecule has 0 bridgehead atoms. The third-order valence-electron chi connectivity index (χ3n) is 4.15. The highest BCUT2D eigenvalue weighted by Crippen LogP contribution is 2.21. The van der Waals surface area contributed by atoms with E-state index in [9.17, 15) is 9.59 Å². The van der Waals surface area contributed by atoms with Crippen LogP contribution in [0.3, 0.4) is 0 Å². The van der Waals surface area contributed by atoms with Gasteiger partial charge in [0.2, 0.25) is 5.56 Å². The summed E-state index contributed by atoms with van der Waals surface area (Å²) in [7, 11) is 0. The number of rotatable bonds is 2. The SMILES string of the molecule is CC1CNCCC1NC(=O)c1cc(=O)[nH]c2ccc(Br)cc12. The van der Waals surface area contributed by atoms with E-state index in [-0.39, 0.29) is 17.5 Å². The molecule has 0 aliphatic carbocycles. The second-order valence-electron chi connectivity index (χ2n) is 5.79. The number of benzene rings is 1. The molecule has 6 heteroatoms. The Bertz CT molecular complexity index is 772. The van der Waals surface area contributed by atoms with Crippen LogP contribution in [0.25, 0.3) is 10.9 Å². The summed E-state index contributed by atoms with van der Waals surface area (Å²) in [5, 5.41) is 7.13. The number of halogens is 1. The maximum absolute atomic E-state index is 12.6. The Morgan fingerprint density at radius 3 is 2.95 bits per heavy atom. The summed E-state index contributed by atoms with van der Waals surface area (Å²) in [5.41, 5.74) is 0.823. The maximum atomic E-state index is 12.6. The van der Waals surface area contributed by atoms with Gasteiger partial charge in [-0.2, -0.15) is 0 Å². The zero-order valence-electron chi connectivity index (χ0n) is 12.3. The van der Waals surface area contributed by atoms with Crippen LogP contribution in [0, 0.1) is 5.92 Å². The van der Waals surface area contributed by atoms with Crippen LogP contribution < -0.4 is 16.2 Å². The molecule has 0 saturated carbocycles. The summed E-state index contributed by atoms with van der Waals surface area (Å²) in [4.78, 5) is 27.2. The minimum Gasteiger partial charge on any atom is -0.349 e. The minimum absolute atomic E-state index is 0.134. The van der Waals surface area contributed by atoms with Crippen molar-refractivity contribution in [2.45, 2.75) is 19.4 Å². The van der Waals surface area contributed by atoms with E-state index in [4.69, 9.17) is 0 Å². The first-order valence-electron chi connectivity index (χ1n) is 7.39. The highest BCUT2D eigenvalue weighted by atomic mass is 79.9. The van der Waals surface area contributed by atoms with E-state index < -0.39 is 0 Å². The number of carbonyl (C=O) groups is 1. The number of H-pyrrole nitrogens is 1. The molecule has 3 rings (SSSR count). The second kappa shape index (κ2) is 6.22. The van der Waals surface area contributed by atoms with Gasteiger partial charge in [0.15, 0.2) is 0 Å². The van der Waals surface area contributed by atoms with Crippen LogP contribution in [0.15, 0.2) is 33.5 Å². The maximum Gasteiger partial charge on any atom is 0.252 e. The molecule has 1 amide bonds. The number of pyridine rings is 1. The summed E-state index contributed by atoms with van der Waals surface area (Å²) >= 11 is 3.41. The molecule has 1 aromatic heterocycles. The molecule has 2 atom stereocenters. The number of aromatic amines is 1. The number of piperidine rings is 1. The van der Waals surface area contributed by atoms with E-state index in [0.29, 0.717) is 17.0 Å². The molecule has 2 heterocycles. The molecule has 1 fully saturated rings. The molecule has 2 unspecified atom stereocenters. The molecular weight excluding hydrogens is 346 g/mol. The lowest BCUT2D eigenvalue weighted by molar-refractivity contribution is 0.0915. The number of fused-ring (bicyclic) bond motifs is 1. The molecule has 5 nitrogen and oxygen atoms in total. The van der Waals surface area contributed by atoms with Crippen molar-refractivity contribution in [3.8, 4) is 0 Å². The normalized spacial score (nSPS) is 21.7. The topological polar surface area (TPSA) is 74.0 Å². The molecule has 0 radical (unpaired) electrons. The third kappa shape index (κ3) is 3.08. The molecule has 3 N–H and O–H groups in total. The van der Waals surface area contributed by atoms with Crippen molar-refractivity contribution in [1.29, 1.82) is 0 Å². The van der Waals surface area contributed by atoms with Crippen LogP contribution in [0.1, 0.15) is 23.7 Å². The fraction of sp³-hybridized carbons (Fsp3) is 0.375. The zero-order valence-corrected chi connectivity index (χ0v) is 13.9. The zero-order chi connectivity index (χ0) is 15.7. The largest absolute Gasteiger partial charge is 0.349 e. The van der Waals surface area contributed by atoms with Gasteiger partial charge in [-0.3, -0.25) is 9.59 Å². The van der Waals surface area contributed by atoms with Crippen LogP contribution in [-0.4, -0.2) is 30.0 Å². The van der Waals surface area contributed by atoms with E-state index in [1.807, 2.05) is 12.1 Å². The van der Waals surface area contributed by atoms with Crippen LogP contribution in [0.2, 0.25) is 0 Å². The molecule has 116 valence electrons. The third-order valence-corrected chi connectivity index (χ3v) is 4.64. The van der Waals surface area contributed by atoms with Crippen molar-refractivity contribution in [3.05, 3.63) is 44.7 Å². The van der Waals surface area contributed by atoms with Crippen molar-refractivity contribution in [3.63, 3.8) is 0 Å². The lowest BCUT2D eigenvalue weighted by Gasteiger charge is -2.30. The Labute approximate surface area is 136 Å². The first-order valence-corrected chi connectivity index (χ1v) is 8.18. The Morgan fingerprint density at radius 1 is 1.36 bits per heavy atom. The van der Waals surface area contributed by atoms with Crippen LogP contribution in [0.4, 0.5) is 0 Å². The van der Waals surface area contributed by atoms with Crippen molar-refractivity contribution < 1.29 is 4.79 Å². The second-order valence-corrected chi connectivity index (χ2v) is 6.70. The average molecular weight is 364 g/mol. The van der Waals surface area contributed by atoms with Gasteiger partial charge in [0.05, 0.1) is 5.56 Å². The molecule has 0 spiro atoms. The van der Waals surface area contributed by atoms with Crippen LogP contribution >= 0.6 is 15.9 Å². The summed E-state index contributed by atoms with van der Waals surface area (Å²) in [6.45, 7) is 3.91. The molecule has 1 aliphatic rings. The quantitative estimate of drug-likeness (QED) is 0.763. The molecule has 22 heavy (non-hydrogen) atoms. The van der Waals surface area contributed by atoms with Crippen molar-refractivity contribution in [2.75, 3.05) is 13.1 Å². The van der Waals surface area contributed by atoms with Crippen molar-refractivity contribution in [1.82, 2.24) is 15.6 Å². The first kappa shape index (κ1) is 15.2. The lowest BCUT2D eigenvalue weighted by Crippen LogP contribution is -2.48. The first-order chi connectivity index (χ1) is 10.5. The lowest BCUT2D eigenvalue weighted by atomic mass is 9.95. The predicted molar refractivity (Wildman–Crippen MR) is 90.2 cm³/mol.